The van der Waals surface area contributed by atoms with Crippen LogP contribution in [-0.4, -0.2) is 28.5 Å². The van der Waals surface area contributed by atoms with Crippen molar-refractivity contribution < 1.29 is 23.9 Å². The fraction of sp³-hybridized carbons (Fsp3) is 0.857. The summed E-state index contributed by atoms with van der Waals surface area (Å²) in [6, 6.07) is 0. The average molecular weight is 210 g/mol. The molecule has 0 fully saturated rings. The molecule has 0 aliphatic rings. The maximum Gasteiger partial charge on any atom is 0.325 e. The molecule has 0 saturated heterocycles. The van der Waals surface area contributed by atoms with Crippen LogP contribution >= 0.6 is 7.60 Å². The SMILES string of the molecule is CCOC(=O)CC(C)CP(=O)(O)O. The number of hydrogen-bond acceptors (Lipinski definition) is 3. The summed E-state index contributed by atoms with van der Waals surface area (Å²) in [6.07, 6.45) is -0.217. The normalized spacial score (nSPS) is 13.8. The minimum Gasteiger partial charge on any atom is -0.466 e. The minimum atomic E-state index is -4.00. The van der Waals surface area contributed by atoms with Crippen LogP contribution in [0.4, 0.5) is 0 Å². The van der Waals surface area contributed by atoms with Gasteiger partial charge in [-0.3, -0.25) is 9.36 Å². The van der Waals surface area contributed by atoms with Crippen molar-refractivity contribution in [2.75, 3.05) is 12.8 Å². The zero-order valence-corrected chi connectivity index (χ0v) is 8.66. The summed E-state index contributed by atoms with van der Waals surface area (Å²) in [6.45, 7) is 3.59. The Balaban J connectivity index is 3.81. The molecule has 0 rings (SSSR count). The first kappa shape index (κ1) is 12.6. The van der Waals surface area contributed by atoms with Gasteiger partial charge in [-0.05, 0) is 12.8 Å². The first-order chi connectivity index (χ1) is 5.85. The van der Waals surface area contributed by atoms with Crippen LogP contribution < -0.4 is 0 Å². The van der Waals surface area contributed by atoms with Gasteiger partial charge in [0, 0.05) is 6.42 Å². The maximum atomic E-state index is 10.9. The quantitative estimate of drug-likeness (QED) is 0.516. The van der Waals surface area contributed by atoms with Gasteiger partial charge in [-0.1, -0.05) is 6.92 Å². The zero-order valence-electron chi connectivity index (χ0n) is 7.77. The van der Waals surface area contributed by atoms with Crippen LogP contribution in [0.15, 0.2) is 0 Å². The number of rotatable bonds is 5. The molecule has 0 aromatic carbocycles. The van der Waals surface area contributed by atoms with E-state index in [4.69, 9.17) is 9.79 Å². The monoisotopic (exact) mass is 210 g/mol. The molecule has 0 saturated carbocycles. The predicted molar refractivity (Wildman–Crippen MR) is 47.3 cm³/mol. The highest BCUT2D eigenvalue weighted by atomic mass is 31.2. The van der Waals surface area contributed by atoms with Crippen molar-refractivity contribution in [3.8, 4) is 0 Å². The molecule has 0 aliphatic carbocycles. The third-order valence-electron chi connectivity index (χ3n) is 1.37. The van der Waals surface area contributed by atoms with Gasteiger partial charge in [0.1, 0.15) is 0 Å². The van der Waals surface area contributed by atoms with Gasteiger partial charge < -0.3 is 14.5 Å². The topological polar surface area (TPSA) is 83.8 Å². The van der Waals surface area contributed by atoms with Crippen LogP contribution in [0.3, 0.4) is 0 Å². The number of esters is 1. The molecule has 13 heavy (non-hydrogen) atoms. The molecule has 0 aliphatic heterocycles. The highest BCUT2D eigenvalue weighted by Crippen LogP contribution is 2.37. The lowest BCUT2D eigenvalue weighted by molar-refractivity contribution is -0.143. The molecule has 0 aromatic heterocycles. The lowest BCUT2D eigenvalue weighted by Crippen LogP contribution is -2.12. The van der Waals surface area contributed by atoms with E-state index in [-0.39, 0.29) is 18.5 Å². The van der Waals surface area contributed by atoms with Crippen LogP contribution in [0, 0.1) is 5.92 Å². The molecular weight excluding hydrogens is 195 g/mol. The van der Waals surface area contributed by atoms with Gasteiger partial charge in [-0.25, -0.2) is 0 Å². The first-order valence-corrected chi connectivity index (χ1v) is 5.85. The number of hydrogen-bond donors (Lipinski definition) is 2. The van der Waals surface area contributed by atoms with Gasteiger partial charge in [0.05, 0.1) is 12.8 Å². The first-order valence-electron chi connectivity index (χ1n) is 4.05. The van der Waals surface area contributed by atoms with Gasteiger partial charge in [0.2, 0.25) is 0 Å². The largest absolute Gasteiger partial charge is 0.466 e. The van der Waals surface area contributed by atoms with Gasteiger partial charge >= 0.3 is 13.6 Å². The number of ether oxygens (including phenoxy) is 1. The van der Waals surface area contributed by atoms with E-state index in [1.165, 1.54) is 0 Å². The van der Waals surface area contributed by atoms with Crippen molar-refractivity contribution in [3.63, 3.8) is 0 Å². The van der Waals surface area contributed by atoms with Crippen molar-refractivity contribution in [1.29, 1.82) is 0 Å². The summed E-state index contributed by atoms with van der Waals surface area (Å²) in [5, 5.41) is 0. The number of carbonyl (C=O) groups is 1. The van der Waals surface area contributed by atoms with Crippen LogP contribution in [-0.2, 0) is 14.1 Å². The van der Waals surface area contributed by atoms with E-state index in [2.05, 4.69) is 4.74 Å². The van der Waals surface area contributed by atoms with E-state index < -0.39 is 13.6 Å². The third kappa shape index (κ3) is 7.96. The average Bonchev–Trinajstić information content (AvgIpc) is 1.81. The molecule has 0 bridgehead atoms. The Labute approximate surface area is 77.3 Å². The molecule has 1 atom stereocenters. The molecular formula is C7H15O5P. The Bertz CT molecular complexity index is 209. The fourth-order valence-corrected chi connectivity index (χ4v) is 1.92. The van der Waals surface area contributed by atoms with E-state index in [9.17, 15) is 9.36 Å². The van der Waals surface area contributed by atoms with Crippen LogP contribution in [0.25, 0.3) is 0 Å². The van der Waals surface area contributed by atoms with E-state index in [1.807, 2.05) is 0 Å². The standard InChI is InChI=1S/C7H15O5P/c1-3-12-7(8)4-6(2)5-13(9,10)11/h6H,3-5H2,1-2H3,(H2,9,10,11). The minimum absolute atomic E-state index is 0.0545. The van der Waals surface area contributed by atoms with Crippen molar-refractivity contribution in [3.05, 3.63) is 0 Å². The molecule has 0 radical (unpaired) electrons. The summed E-state index contributed by atoms with van der Waals surface area (Å²) >= 11 is 0. The van der Waals surface area contributed by atoms with Crippen LogP contribution in [0.1, 0.15) is 20.3 Å². The summed E-state index contributed by atoms with van der Waals surface area (Å²) in [5.74, 6) is -0.761. The molecule has 5 nitrogen and oxygen atoms in total. The molecule has 1 unspecified atom stereocenters. The Morgan fingerprint density at radius 3 is 2.46 bits per heavy atom. The second-order valence-corrected chi connectivity index (χ2v) is 4.66. The smallest absolute Gasteiger partial charge is 0.325 e. The molecule has 6 heteroatoms. The summed E-state index contributed by atoms with van der Waals surface area (Å²) in [4.78, 5) is 28.0. The summed E-state index contributed by atoms with van der Waals surface area (Å²) in [7, 11) is -4.00. The summed E-state index contributed by atoms with van der Waals surface area (Å²) < 4.78 is 15.2. The van der Waals surface area contributed by atoms with Gasteiger partial charge in [-0.15, -0.1) is 0 Å². The Morgan fingerprint density at radius 1 is 1.54 bits per heavy atom. The Hall–Kier alpha value is -0.380. The van der Waals surface area contributed by atoms with Gasteiger partial charge in [0.15, 0.2) is 0 Å². The molecule has 0 heterocycles. The van der Waals surface area contributed by atoms with E-state index >= 15 is 0 Å². The molecule has 0 amide bonds. The fourth-order valence-electron chi connectivity index (χ4n) is 0.975. The summed E-state index contributed by atoms with van der Waals surface area (Å²) in [5.41, 5.74) is 0. The second kappa shape index (κ2) is 5.37. The second-order valence-electron chi connectivity index (χ2n) is 2.96. The molecule has 0 aromatic rings. The van der Waals surface area contributed by atoms with E-state index in [0.717, 1.165) is 0 Å². The maximum absolute atomic E-state index is 10.9. The molecule has 0 spiro atoms. The van der Waals surface area contributed by atoms with Crippen molar-refractivity contribution in [1.82, 2.24) is 0 Å². The predicted octanol–water partition coefficient (Wildman–Crippen LogP) is 0.753. The van der Waals surface area contributed by atoms with E-state index in [0.29, 0.717) is 6.61 Å². The lowest BCUT2D eigenvalue weighted by atomic mass is 10.1. The van der Waals surface area contributed by atoms with E-state index in [1.54, 1.807) is 13.8 Å². The Morgan fingerprint density at radius 2 is 2.08 bits per heavy atom. The van der Waals surface area contributed by atoms with Gasteiger partial charge in [-0.2, -0.15) is 0 Å². The van der Waals surface area contributed by atoms with Crippen LogP contribution in [0.2, 0.25) is 0 Å². The number of carbonyl (C=O) groups excluding carboxylic acids is 1. The van der Waals surface area contributed by atoms with Crippen molar-refractivity contribution >= 4 is 13.6 Å². The van der Waals surface area contributed by atoms with Crippen molar-refractivity contribution in [2.24, 2.45) is 5.92 Å². The van der Waals surface area contributed by atoms with Gasteiger partial charge in [0.25, 0.3) is 0 Å². The Kier molecular flexibility index (Phi) is 5.21. The third-order valence-corrected chi connectivity index (χ3v) is 2.47. The van der Waals surface area contributed by atoms with Crippen LogP contribution in [0.5, 0.6) is 0 Å². The molecule has 2 N–H and O–H groups in total. The highest BCUT2D eigenvalue weighted by Gasteiger charge is 2.20. The lowest BCUT2D eigenvalue weighted by Gasteiger charge is -2.10. The highest BCUT2D eigenvalue weighted by molar-refractivity contribution is 7.51. The van der Waals surface area contributed by atoms with Crippen molar-refractivity contribution in [2.45, 2.75) is 20.3 Å². The molecule has 78 valence electrons. The zero-order chi connectivity index (χ0) is 10.5.